The summed E-state index contributed by atoms with van der Waals surface area (Å²) in [5.41, 5.74) is 1.69. The lowest BCUT2D eigenvalue weighted by molar-refractivity contribution is -0.0528. The molecule has 0 aliphatic heterocycles. The highest BCUT2D eigenvalue weighted by Crippen LogP contribution is 2.18. The normalized spacial score (nSPS) is 11.7. The van der Waals surface area contributed by atoms with Crippen molar-refractivity contribution in [3.05, 3.63) is 36.5 Å². The Labute approximate surface area is 122 Å². The summed E-state index contributed by atoms with van der Waals surface area (Å²) in [6.45, 7) is 3.98. The fraction of sp³-hybridized carbons (Fsp3) is 0.429. The standard InChI is InChI=1S/C14H18F2N4O/c1-14(2,3)20-9-17-7-11(20)8-18-10-4-5-12(19-6-10)21-13(15)16/h4-7,9,13,18H,8H2,1-3H3. The van der Waals surface area contributed by atoms with Crippen LogP contribution in [-0.4, -0.2) is 21.1 Å². The summed E-state index contributed by atoms with van der Waals surface area (Å²) in [4.78, 5) is 7.95. The van der Waals surface area contributed by atoms with E-state index in [2.05, 4.69) is 45.4 Å². The molecule has 5 nitrogen and oxygen atoms in total. The van der Waals surface area contributed by atoms with Crippen LogP contribution in [0.3, 0.4) is 0 Å². The van der Waals surface area contributed by atoms with Gasteiger partial charge in [-0.1, -0.05) is 0 Å². The predicted octanol–water partition coefficient (Wildman–Crippen LogP) is 3.25. The average Bonchev–Trinajstić information content (AvgIpc) is 2.85. The molecule has 2 aromatic rings. The molecule has 0 amide bonds. The van der Waals surface area contributed by atoms with Crippen LogP contribution in [-0.2, 0) is 12.1 Å². The van der Waals surface area contributed by atoms with Gasteiger partial charge in [0.2, 0.25) is 5.88 Å². The van der Waals surface area contributed by atoms with Crippen molar-refractivity contribution in [1.29, 1.82) is 0 Å². The summed E-state index contributed by atoms with van der Waals surface area (Å²) in [5.74, 6) is -0.102. The lowest BCUT2D eigenvalue weighted by atomic mass is 10.1. The van der Waals surface area contributed by atoms with Crippen molar-refractivity contribution >= 4 is 5.69 Å². The second kappa shape index (κ2) is 6.07. The molecular formula is C14H18F2N4O. The van der Waals surface area contributed by atoms with E-state index < -0.39 is 6.61 Å². The van der Waals surface area contributed by atoms with Crippen molar-refractivity contribution in [3.63, 3.8) is 0 Å². The van der Waals surface area contributed by atoms with Crippen molar-refractivity contribution in [2.45, 2.75) is 39.5 Å². The van der Waals surface area contributed by atoms with Crippen molar-refractivity contribution in [1.82, 2.24) is 14.5 Å². The highest BCUT2D eigenvalue weighted by atomic mass is 19.3. The van der Waals surface area contributed by atoms with Crippen LogP contribution < -0.4 is 10.1 Å². The highest BCUT2D eigenvalue weighted by molar-refractivity contribution is 5.42. The van der Waals surface area contributed by atoms with E-state index >= 15 is 0 Å². The van der Waals surface area contributed by atoms with Crippen molar-refractivity contribution < 1.29 is 13.5 Å². The smallest absolute Gasteiger partial charge is 0.388 e. The molecule has 0 spiro atoms. The Bertz CT molecular complexity index is 575. The van der Waals surface area contributed by atoms with Gasteiger partial charge >= 0.3 is 6.61 Å². The largest absolute Gasteiger partial charge is 0.417 e. The van der Waals surface area contributed by atoms with Crippen LogP contribution in [0.2, 0.25) is 0 Å². The maximum Gasteiger partial charge on any atom is 0.388 e. The maximum absolute atomic E-state index is 12.0. The molecule has 0 aliphatic carbocycles. The van der Waals surface area contributed by atoms with Gasteiger partial charge in [-0.2, -0.15) is 8.78 Å². The molecule has 2 heterocycles. The van der Waals surface area contributed by atoms with Crippen LogP contribution in [0.5, 0.6) is 5.88 Å². The molecule has 0 saturated carbocycles. The molecule has 0 unspecified atom stereocenters. The Hall–Kier alpha value is -2.18. The lowest BCUT2D eigenvalue weighted by Crippen LogP contribution is -2.24. The molecule has 0 aliphatic rings. The van der Waals surface area contributed by atoms with E-state index in [-0.39, 0.29) is 11.4 Å². The zero-order valence-electron chi connectivity index (χ0n) is 12.2. The van der Waals surface area contributed by atoms with E-state index in [1.54, 1.807) is 18.6 Å². The fourth-order valence-corrected chi connectivity index (χ4v) is 1.90. The third kappa shape index (κ3) is 4.14. The van der Waals surface area contributed by atoms with Crippen LogP contribution in [0.25, 0.3) is 0 Å². The molecule has 7 heteroatoms. The summed E-state index contributed by atoms with van der Waals surface area (Å²) in [7, 11) is 0. The van der Waals surface area contributed by atoms with Gasteiger partial charge in [0, 0.05) is 17.8 Å². The Morgan fingerprint density at radius 1 is 1.29 bits per heavy atom. The number of halogens is 2. The Morgan fingerprint density at radius 3 is 2.62 bits per heavy atom. The van der Waals surface area contributed by atoms with E-state index in [0.29, 0.717) is 6.54 Å². The van der Waals surface area contributed by atoms with Crippen LogP contribution in [0.15, 0.2) is 30.9 Å². The zero-order chi connectivity index (χ0) is 15.5. The minimum atomic E-state index is -2.86. The molecule has 2 aromatic heterocycles. The number of ether oxygens (including phenoxy) is 1. The van der Waals surface area contributed by atoms with E-state index in [1.165, 1.54) is 12.3 Å². The van der Waals surface area contributed by atoms with Crippen molar-refractivity contribution in [2.75, 3.05) is 5.32 Å². The SMILES string of the molecule is CC(C)(C)n1cncc1CNc1ccc(OC(F)F)nc1. The predicted molar refractivity (Wildman–Crippen MR) is 75.4 cm³/mol. The summed E-state index contributed by atoms with van der Waals surface area (Å²) >= 11 is 0. The quantitative estimate of drug-likeness (QED) is 0.920. The molecule has 0 fully saturated rings. The second-order valence-corrected chi connectivity index (χ2v) is 5.54. The van der Waals surface area contributed by atoms with E-state index in [9.17, 15) is 8.78 Å². The van der Waals surface area contributed by atoms with Gasteiger partial charge in [-0.05, 0) is 26.8 Å². The number of anilines is 1. The van der Waals surface area contributed by atoms with Gasteiger partial charge in [-0.15, -0.1) is 0 Å². The van der Waals surface area contributed by atoms with E-state index in [1.807, 2.05) is 0 Å². The minimum absolute atomic E-state index is 0.0548. The third-order valence-electron chi connectivity index (χ3n) is 2.86. The number of rotatable bonds is 5. The molecule has 0 atom stereocenters. The Balaban J connectivity index is 1.99. The van der Waals surface area contributed by atoms with Crippen molar-refractivity contribution in [2.24, 2.45) is 0 Å². The molecule has 2 rings (SSSR count). The summed E-state index contributed by atoms with van der Waals surface area (Å²) < 4.78 is 30.3. The lowest BCUT2D eigenvalue weighted by Gasteiger charge is -2.23. The minimum Gasteiger partial charge on any atom is -0.417 e. The molecule has 114 valence electrons. The molecule has 21 heavy (non-hydrogen) atoms. The first kappa shape index (κ1) is 15.2. The monoisotopic (exact) mass is 296 g/mol. The number of nitrogens with one attached hydrogen (secondary N) is 1. The van der Waals surface area contributed by atoms with Crippen LogP contribution >= 0.6 is 0 Å². The van der Waals surface area contributed by atoms with Crippen LogP contribution in [0.1, 0.15) is 26.5 Å². The number of alkyl halides is 2. The van der Waals surface area contributed by atoms with E-state index in [0.717, 1.165) is 11.4 Å². The first-order valence-corrected chi connectivity index (χ1v) is 6.53. The highest BCUT2D eigenvalue weighted by Gasteiger charge is 2.16. The van der Waals surface area contributed by atoms with Crippen molar-refractivity contribution in [3.8, 4) is 5.88 Å². The van der Waals surface area contributed by atoms with Gasteiger partial charge in [0.25, 0.3) is 0 Å². The summed E-state index contributed by atoms with van der Waals surface area (Å²) in [6, 6.07) is 3.04. The molecular weight excluding hydrogens is 278 g/mol. The second-order valence-electron chi connectivity index (χ2n) is 5.54. The number of pyridine rings is 1. The number of hydrogen-bond acceptors (Lipinski definition) is 4. The van der Waals surface area contributed by atoms with Gasteiger partial charge < -0.3 is 14.6 Å². The molecule has 0 radical (unpaired) electrons. The molecule has 0 saturated heterocycles. The maximum atomic E-state index is 12.0. The zero-order valence-corrected chi connectivity index (χ0v) is 12.2. The van der Waals surface area contributed by atoms with Crippen LogP contribution in [0, 0.1) is 0 Å². The first-order chi connectivity index (χ1) is 9.86. The van der Waals surface area contributed by atoms with Gasteiger partial charge in [0.1, 0.15) is 0 Å². The van der Waals surface area contributed by atoms with Gasteiger partial charge in [0.15, 0.2) is 0 Å². The summed E-state index contributed by atoms with van der Waals surface area (Å²) in [5, 5.41) is 3.17. The summed E-state index contributed by atoms with van der Waals surface area (Å²) in [6.07, 6.45) is 5.03. The third-order valence-corrected chi connectivity index (χ3v) is 2.86. The number of imidazole rings is 1. The molecule has 0 aromatic carbocycles. The number of nitrogens with zero attached hydrogens (tertiary/aromatic N) is 3. The fourth-order valence-electron chi connectivity index (χ4n) is 1.90. The first-order valence-electron chi connectivity index (χ1n) is 6.53. The average molecular weight is 296 g/mol. The Morgan fingerprint density at radius 2 is 2.05 bits per heavy atom. The van der Waals surface area contributed by atoms with Gasteiger partial charge in [-0.25, -0.2) is 9.97 Å². The number of aromatic nitrogens is 3. The molecule has 1 N–H and O–H groups in total. The topological polar surface area (TPSA) is 52.0 Å². The number of hydrogen-bond donors (Lipinski definition) is 1. The van der Waals surface area contributed by atoms with E-state index in [4.69, 9.17) is 0 Å². The van der Waals surface area contributed by atoms with Gasteiger partial charge in [0.05, 0.1) is 30.5 Å². The molecule has 0 bridgehead atoms. The Kier molecular flexibility index (Phi) is 4.40. The van der Waals surface area contributed by atoms with Crippen LogP contribution in [0.4, 0.5) is 14.5 Å². The van der Waals surface area contributed by atoms with Gasteiger partial charge in [-0.3, -0.25) is 0 Å².